The molecule has 5 heteroatoms. The number of rotatable bonds is 2. The van der Waals surface area contributed by atoms with Gasteiger partial charge in [0.05, 0.1) is 5.57 Å². The monoisotopic (exact) mass is 218 g/mol. The molecule has 0 heterocycles. The lowest BCUT2D eigenvalue weighted by Gasteiger charge is -2.04. The lowest BCUT2D eigenvalue weighted by atomic mass is 10.1. The second-order valence-corrected chi connectivity index (χ2v) is 2.88. The van der Waals surface area contributed by atoms with E-state index in [0.29, 0.717) is 0 Å². The van der Waals surface area contributed by atoms with E-state index in [1.54, 1.807) is 0 Å². The number of hydrogen-bond acceptors (Lipinski definition) is 1. The number of carboxylic acid groups (broad SMARTS) is 1. The fourth-order valence-corrected chi connectivity index (χ4v) is 1.04. The van der Waals surface area contributed by atoms with E-state index in [1.165, 1.54) is 0 Å². The Hall–Kier alpha value is -1.42. The molecule has 0 atom stereocenters. The first-order chi connectivity index (χ1) is 6.45. The summed E-state index contributed by atoms with van der Waals surface area (Å²) in [6.45, 7) is 3.14. The third kappa shape index (κ3) is 1.75. The van der Waals surface area contributed by atoms with Gasteiger partial charge in [0.1, 0.15) is 10.8 Å². The van der Waals surface area contributed by atoms with Gasteiger partial charge in [0.25, 0.3) is 0 Å². The first-order valence-corrected chi connectivity index (χ1v) is 3.89. The van der Waals surface area contributed by atoms with Crippen LogP contribution < -0.4 is 0 Å². The molecule has 0 saturated carbocycles. The molecule has 74 valence electrons. The Bertz CT molecular complexity index is 416. The van der Waals surface area contributed by atoms with Crippen molar-refractivity contribution in [2.75, 3.05) is 0 Å². The van der Waals surface area contributed by atoms with Crippen LogP contribution >= 0.6 is 11.6 Å². The van der Waals surface area contributed by atoms with Crippen LogP contribution in [0.3, 0.4) is 0 Å². The molecule has 0 aliphatic heterocycles. The van der Waals surface area contributed by atoms with Gasteiger partial charge in [-0.2, -0.15) is 0 Å². The standard InChI is InChI=1S/C9H5ClF2O2/c1-4(9(13)14)5-2-3-6(11)7(10)8(5)12/h2-3H,1H2,(H,13,14). The second kappa shape index (κ2) is 3.75. The van der Waals surface area contributed by atoms with Crippen molar-refractivity contribution >= 4 is 23.1 Å². The molecule has 0 saturated heterocycles. The predicted molar refractivity (Wildman–Crippen MR) is 48.0 cm³/mol. The van der Waals surface area contributed by atoms with E-state index in [1.807, 2.05) is 0 Å². The summed E-state index contributed by atoms with van der Waals surface area (Å²) in [4.78, 5) is 10.4. The molecule has 0 aliphatic rings. The molecule has 0 fully saturated rings. The van der Waals surface area contributed by atoms with E-state index < -0.39 is 28.2 Å². The van der Waals surface area contributed by atoms with Crippen molar-refractivity contribution in [1.29, 1.82) is 0 Å². The van der Waals surface area contributed by atoms with Crippen molar-refractivity contribution in [2.24, 2.45) is 0 Å². The van der Waals surface area contributed by atoms with Gasteiger partial charge in [-0.15, -0.1) is 0 Å². The number of aliphatic carboxylic acids is 1. The minimum Gasteiger partial charge on any atom is -0.478 e. The highest BCUT2D eigenvalue weighted by atomic mass is 35.5. The third-order valence-electron chi connectivity index (χ3n) is 1.62. The van der Waals surface area contributed by atoms with Crippen molar-refractivity contribution in [3.63, 3.8) is 0 Å². The minimum absolute atomic E-state index is 0.316. The topological polar surface area (TPSA) is 37.3 Å². The number of carboxylic acids is 1. The smallest absolute Gasteiger partial charge is 0.335 e. The summed E-state index contributed by atoms with van der Waals surface area (Å²) < 4.78 is 25.9. The SMILES string of the molecule is C=C(C(=O)O)c1ccc(F)c(Cl)c1F. The van der Waals surface area contributed by atoms with Crippen LogP contribution in [0.1, 0.15) is 5.56 Å². The second-order valence-electron chi connectivity index (χ2n) is 2.51. The van der Waals surface area contributed by atoms with Crippen LogP contribution in [0.2, 0.25) is 5.02 Å². The van der Waals surface area contributed by atoms with Crippen molar-refractivity contribution in [1.82, 2.24) is 0 Å². The van der Waals surface area contributed by atoms with Crippen molar-refractivity contribution in [3.8, 4) is 0 Å². The van der Waals surface area contributed by atoms with Gasteiger partial charge in [-0.25, -0.2) is 13.6 Å². The molecule has 1 aromatic rings. The van der Waals surface area contributed by atoms with E-state index in [9.17, 15) is 13.6 Å². The van der Waals surface area contributed by atoms with Crippen molar-refractivity contribution in [3.05, 3.63) is 40.9 Å². The zero-order valence-electron chi connectivity index (χ0n) is 6.85. The first-order valence-electron chi connectivity index (χ1n) is 3.51. The molecule has 2 nitrogen and oxygen atoms in total. The molecule has 0 spiro atoms. The molecule has 0 radical (unpaired) electrons. The first kappa shape index (κ1) is 10.7. The molecule has 1 aromatic carbocycles. The third-order valence-corrected chi connectivity index (χ3v) is 1.96. The van der Waals surface area contributed by atoms with Crippen LogP contribution in [0.5, 0.6) is 0 Å². The maximum Gasteiger partial charge on any atom is 0.335 e. The zero-order chi connectivity index (χ0) is 10.9. The summed E-state index contributed by atoms with van der Waals surface area (Å²) in [5, 5.41) is 7.79. The molecule has 1 N–H and O–H groups in total. The van der Waals surface area contributed by atoms with Crippen LogP contribution in [0.15, 0.2) is 18.7 Å². The highest BCUT2D eigenvalue weighted by molar-refractivity contribution is 6.31. The number of halogens is 3. The number of hydrogen-bond donors (Lipinski definition) is 1. The average molecular weight is 219 g/mol. The lowest BCUT2D eigenvalue weighted by Crippen LogP contribution is -2.01. The predicted octanol–water partition coefficient (Wildman–Crippen LogP) is 2.72. The van der Waals surface area contributed by atoms with Crippen LogP contribution in [0.4, 0.5) is 8.78 Å². The Morgan fingerprint density at radius 3 is 2.50 bits per heavy atom. The fraction of sp³-hybridized carbons (Fsp3) is 0. The summed E-state index contributed by atoms with van der Waals surface area (Å²) in [6.07, 6.45) is 0. The van der Waals surface area contributed by atoms with Gasteiger partial charge in [-0.1, -0.05) is 18.2 Å². The minimum atomic E-state index is -1.38. The lowest BCUT2D eigenvalue weighted by molar-refractivity contribution is -0.130. The number of carbonyl (C=O) groups is 1. The molecule has 0 aromatic heterocycles. The van der Waals surface area contributed by atoms with Gasteiger partial charge < -0.3 is 5.11 Å². The van der Waals surface area contributed by atoms with Gasteiger partial charge in [0.2, 0.25) is 0 Å². The Labute approximate surface area is 83.4 Å². The average Bonchev–Trinajstić information content (AvgIpc) is 2.13. The Morgan fingerprint density at radius 1 is 1.43 bits per heavy atom. The van der Waals surface area contributed by atoms with Crippen LogP contribution in [-0.4, -0.2) is 11.1 Å². The summed E-state index contributed by atoms with van der Waals surface area (Å²) in [6, 6.07) is 1.86. The normalized spacial score (nSPS) is 9.93. The summed E-state index contributed by atoms with van der Waals surface area (Å²) in [5.74, 6) is -3.43. The quantitative estimate of drug-likeness (QED) is 0.612. The van der Waals surface area contributed by atoms with Crippen LogP contribution in [0.25, 0.3) is 5.57 Å². The molecule has 0 unspecified atom stereocenters. The molecule has 0 bridgehead atoms. The maximum atomic E-state index is 13.2. The number of benzene rings is 1. The van der Waals surface area contributed by atoms with Gasteiger partial charge in [-0.3, -0.25) is 0 Å². The molecule has 0 amide bonds. The highest BCUT2D eigenvalue weighted by Crippen LogP contribution is 2.25. The fourth-order valence-electron chi connectivity index (χ4n) is 0.874. The maximum absolute atomic E-state index is 13.2. The molecular weight excluding hydrogens is 214 g/mol. The zero-order valence-corrected chi connectivity index (χ0v) is 7.61. The van der Waals surface area contributed by atoms with Crippen molar-refractivity contribution in [2.45, 2.75) is 0 Å². The van der Waals surface area contributed by atoms with Gasteiger partial charge in [0, 0.05) is 5.56 Å². The van der Waals surface area contributed by atoms with E-state index in [-0.39, 0.29) is 5.56 Å². The van der Waals surface area contributed by atoms with E-state index in [0.717, 1.165) is 12.1 Å². The van der Waals surface area contributed by atoms with Crippen molar-refractivity contribution < 1.29 is 18.7 Å². The van der Waals surface area contributed by atoms with Gasteiger partial charge in [-0.05, 0) is 12.1 Å². The van der Waals surface area contributed by atoms with Gasteiger partial charge in [0.15, 0.2) is 5.82 Å². The van der Waals surface area contributed by atoms with Crippen LogP contribution in [0, 0.1) is 11.6 Å². The summed E-state index contributed by atoms with van der Waals surface area (Å²) in [5.41, 5.74) is -0.784. The largest absolute Gasteiger partial charge is 0.478 e. The van der Waals surface area contributed by atoms with Gasteiger partial charge >= 0.3 is 5.97 Å². The van der Waals surface area contributed by atoms with Crippen LogP contribution in [-0.2, 0) is 4.79 Å². The van der Waals surface area contributed by atoms with E-state index in [2.05, 4.69) is 6.58 Å². The molecule has 1 rings (SSSR count). The van der Waals surface area contributed by atoms with E-state index >= 15 is 0 Å². The molecular formula is C9H5ClF2O2. The molecule has 0 aliphatic carbocycles. The summed E-state index contributed by atoms with van der Waals surface area (Å²) >= 11 is 5.25. The molecule has 14 heavy (non-hydrogen) atoms. The Balaban J connectivity index is 3.31. The van der Waals surface area contributed by atoms with E-state index in [4.69, 9.17) is 16.7 Å². The summed E-state index contributed by atoms with van der Waals surface area (Å²) in [7, 11) is 0. The highest BCUT2D eigenvalue weighted by Gasteiger charge is 2.17. The Morgan fingerprint density at radius 2 is 2.00 bits per heavy atom. The Kier molecular flexibility index (Phi) is 2.86.